The summed E-state index contributed by atoms with van der Waals surface area (Å²) in [5, 5.41) is 0. The second kappa shape index (κ2) is 5.29. The van der Waals surface area contributed by atoms with Gasteiger partial charge in [0.2, 0.25) is 0 Å². The minimum atomic E-state index is 0.446. The second-order valence-corrected chi connectivity index (χ2v) is 4.50. The Morgan fingerprint density at radius 2 is 1.73 bits per heavy atom. The maximum atomic E-state index is 5.86. The van der Waals surface area contributed by atoms with E-state index in [0.717, 1.165) is 6.54 Å². The number of hydrogen-bond donors (Lipinski definition) is 1. The van der Waals surface area contributed by atoms with Crippen molar-refractivity contribution in [2.75, 3.05) is 27.2 Å². The zero-order valence-electron chi connectivity index (χ0n) is 10.2. The lowest BCUT2D eigenvalue weighted by Gasteiger charge is -2.23. The van der Waals surface area contributed by atoms with Crippen LogP contribution in [-0.2, 0) is 0 Å². The second-order valence-electron chi connectivity index (χ2n) is 4.50. The van der Waals surface area contributed by atoms with Crippen LogP contribution in [0.25, 0.3) is 0 Å². The van der Waals surface area contributed by atoms with Crippen LogP contribution in [0.15, 0.2) is 18.2 Å². The minimum Gasteiger partial charge on any atom is -0.330 e. The molecule has 1 atom stereocenters. The molecule has 15 heavy (non-hydrogen) atoms. The smallest absolute Gasteiger partial charge is 0.00938 e. The average molecular weight is 206 g/mol. The molecule has 0 heterocycles. The molecule has 0 saturated heterocycles. The van der Waals surface area contributed by atoms with Gasteiger partial charge in [0.05, 0.1) is 0 Å². The van der Waals surface area contributed by atoms with Crippen LogP contribution in [0, 0.1) is 13.8 Å². The number of rotatable bonds is 4. The summed E-state index contributed by atoms with van der Waals surface area (Å²) >= 11 is 0. The van der Waals surface area contributed by atoms with Crippen LogP contribution in [-0.4, -0.2) is 32.1 Å². The van der Waals surface area contributed by atoms with Crippen molar-refractivity contribution in [3.05, 3.63) is 34.9 Å². The first-order chi connectivity index (χ1) is 7.06. The number of hydrogen-bond acceptors (Lipinski definition) is 2. The van der Waals surface area contributed by atoms with Crippen molar-refractivity contribution in [2.24, 2.45) is 5.73 Å². The molecule has 0 radical (unpaired) electrons. The minimum absolute atomic E-state index is 0.446. The molecule has 84 valence electrons. The van der Waals surface area contributed by atoms with Gasteiger partial charge in [-0.2, -0.15) is 0 Å². The van der Waals surface area contributed by atoms with Gasteiger partial charge in [0.1, 0.15) is 0 Å². The van der Waals surface area contributed by atoms with E-state index in [1.54, 1.807) is 0 Å². The fourth-order valence-corrected chi connectivity index (χ4v) is 2.20. The lowest BCUT2D eigenvalue weighted by molar-refractivity contribution is 0.374. The van der Waals surface area contributed by atoms with Crippen LogP contribution in [0.3, 0.4) is 0 Å². The molecule has 0 aliphatic rings. The molecule has 0 saturated carbocycles. The van der Waals surface area contributed by atoms with Gasteiger partial charge < -0.3 is 10.6 Å². The Kier molecular flexibility index (Phi) is 4.30. The van der Waals surface area contributed by atoms with Gasteiger partial charge in [-0.1, -0.05) is 18.2 Å². The monoisotopic (exact) mass is 206 g/mol. The molecule has 0 spiro atoms. The summed E-state index contributed by atoms with van der Waals surface area (Å²) in [7, 11) is 4.19. The van der Waals surface area contributed by atoms with Gasteiger partial charge in [0, 0.05) is 19.0 Å². The predicted octanol–water partition coefficient (Wildman–Crippen LogP) is 1.91. The Bertz CT molecular complexity index is 298. The molecule has 0 aromatic heterocycles. The van der Waals surface area contributed by atoms with Crippen LogP contribution in [0.4, 0.5) is 0 Å². The van der Waals surface area contributed by atoms with Crippen LogP contribution in [0.2, 0.25) is 0 Å². The molecule has 2 heteroatoms. The van der Waals surface area contributed by atoms with E-state index in [0.29, 0.717) is 12.5 Å². The average Bonchev–Trinajstić information content (AvgIpc) is 2.15. The van der Waals surface area contributed by atoms with Gasteiger partial charge in [-0.25, -0.2) is 0 Å². The summed E-state index contributed by atoms with van der Waals surface area (Å²) in [6.45, 7) is 6.06. The van der Waals surface area contributed by atoms with E-state index in [2.05, 4.69) is 51.0 Å². The lowest BCUT2D eigenvalue weighted by Crippen LogP contribution is -2.27. The first-order valence-electron chi connectivity index (χ1n) is 5.47. The van der Waals surface area contributed by atoms with Gasteiger partial charge in [0.25, 0.3) is 0 Å². The van der Waals surface area contributed by atoms with Crippen molar-refractivity contribution < 1.29 is 0 Å². The molecule has 1 rings (SSSR count). The zero-order chi connectivity index (χ0) is 11.4. The molecule has 2 nitrogen and oxygen atoms in total. The molecule has 1 aromatic rings. The first kappa shape index (κ1) is 12.2. The maximum absolute atomic E-state index is 5.86. The highest BCUT2D eigenvalue weighted by Crippen LogP contribution is 2.23. The number of likely N-dealkylation sites (N-methyl/N-ethyl adjacent to an activating group) is 1. The number of aryl methyl sites for hydroxylation is 2. The summed E-state index contributed by atoms with van der Waals surface area (Å²) in [5.41, 5.74) is 10.00. The summed E-state index contributed by atoms with van der Waals surface area (Å²) in [6.07, 6.45) is 0. The molecule has 1 aromatic carbocycles. The Morgan fingerprint density at radius 3 is 2.13 bits per heavy atom. The number of nitrogens with zero attached hydrogens (tertiary/aromatic N) is 1. The topological polar surface area (TPSA) is 29.3 Å². The van der Waals surface area contributed by atoms with Gasteiger partial charge in [-0.3, -0.25) is 0 Å². The molecular weight excluding hydrogens is 184 g/mol. The highest BCUT2D eigenvalue weighted by Gasteiger charge is 2.14. The number of benzene rings is 1. The number of nitrogens with two attached hydrogens (primary N) is 1. The van der Waals surface area contributed by atoms with E-state index in [9.17, 15) is 0 Å². The van der Waals surface area contributed by atoms with Crippen LogP contribution in [0.5, 0.6) is 0 Å². The molecule has 0 fully saturated rings. The van der Waals surface area contributed by atoms with Crippen molar-refractivity contribution in [2.45, 2.75) is 19.8 Å². The van der Waals surface area contributed by atoms with Gasteiger partial charge in [-0.05, 0) is 44.6 Å². The Labute approximate surface area is 93.1 Å². The molecule has 0 amide bonds. The van der Waals surface area contributed by atoms with E-state index in [-0.39, 0.29) is 0 Å². The van der Waals surface area contributed by atoms with Crippen LogP contribution in [0.1, 0.15) is 22.6 Å². The highest BCUT2D eigenvalue weighted by atomic mass is 15.1. The first-order valence-corrected chi connectivity index (χ1v) is 5.47. The largest absolute Gasteiger partial charge is 0.330 e. The predicted molar refractivity (Wildman–Crippen MR) is 66.3 cm³/mol. The third kappa shape index (κ3) is 3.05. The quantitative estimate of drug-likeness (QED) is 0.815. The van der Waals surface area contributed by atoms with E-state index in [1.165, 1.54) is 16.7 Å². The van der Waals surface area contributed by atoms with Crippen LogP contribution >= 0.6 is 0 Å². The molecule has 0 aliphatic heterocycles. The van der Waals surface area contributed by atoms with Gasteiger partial charge >= 0.3 is 0 Å². The Morgan fingerprint density at radius 1 is 1.20 bits per heavy atom. The Hall–Kier alpha value is -0.860. The normalized spacial score (nSPS) is 13.2. The fourth-order valence-electron chi connectivity index (χ4n) is 2.20. The van der Waals surface area contributed by atoms with Crippen molar-refractivity contribution >= 4 is 0 Å². The molecule has 0 aliphatic carbocycles. The van der Waals surface area contributed by atoms with Crippen molar-refractivity contribution in [1.82, 2.24) is 4.90 Å². The van der Waals surface area contributed by atoms with E-state index >= 15 is 0 Å². The van der Waals surface area contributed by atoms with Crippen molar-refractivity contribution in [1.29, 1.82) is 0 Å². The molecular formula is C13H22N2. The van der Waals surface area contributed by atoms with Crippen molar-refractivity contribution in [3.8, 4) is 0 Å². The highest BCUT2D eigenvalue weighted by molar-refractivity contribution is 5.37. The van der Waals surface area contributed by atoms with E-state index in [1.807, 2.05) is 0 Å². The van der Waals surface area contributed by atoms with E-state index < -0.39 is 0 Å². The van der Waals surface area contributed by atoms with E-state index in [4.69, 9.17) is 5.73 Å². The third-order valence-electron chi connectivity index (χ3n) is 2.82. The molecule has 1 unspecified atom stereocenters. The summed E-state index contributed by atoms with van der Waals surface area (Å²) in [4.78, 5) is 2.20. The third-order valence-corrected chi connectivity index (χ3v) is 2.82. The van der Waals surface area contributed by atoms with Gasteiger partial charge in [-0.15, -0.1) is 0 Å². The summed E-state index contributed by atoms with van der Waals surface area (Å²) in [5.74, 6) is 0.446. The fraction of sp³-hybridized carbons (Fsp3) is 0.538. The SMILES string of the molecule is Cc1cccc(C)c1C(CN)CN(C)C. The zero-order valence-corrected chi connectivity index (χ0v) is 10.2. The maximum Gasteiger partial charge on any atom is 0.00938 e. The van der Waals surface area contributed by atoms with Crippen LogP contribution < -0.4 is 5.73 Å². The standard InChI is InChI=1S/C13H22N2/c1-10-6-5-7-11(2)13(10)12(8-14)9-15(3)4/h5-7,12H,8-9,14H2,1-4H3. The molecule has 2 N–H and O–H groups in total. The summed E-state index contributed by atoms with van der Waals surface area (Å²) < 4.78 is 0. The van der Waals surface area contributed by atoms with Crippen molar-refractivity contribution in [3.63, 3.8) is 0 Å². The Balaban J connectivity index is 3.00. The lowest BCUT2D eigenvalue weighted by atomic mass is 9.90. The molecule has 0 bridgehead atoms. The van der Waals surface area contributed by atoms with Gasteiger partial charge in [0.15, 0.2) is 0 Å². The summed E-state index contributed by atoms with van der Waals surface area (Å²) in [6, 6.07) is 6.44.